The third-order valence-electron chi connectivity index (χ3n) is 21.9. The summed E-state index contributed by atoms with van der Waals surface area (Å²) in [6.07, 6.45) is 83.4. The quantitative estimate of drug-likeness (QED) is 0.0222. The lowest BCUT2D eigenvalue weighted by Gasteiger charge is -2.21. The Balaban J connectivity index is 5.25. The molecule has 0 aliphatic heterocycles. The zero-order valence-electron chi connectivity index (χ0n) is 73.0. The van der Waals surface area contributed by atoms with Gasteiger partial charge in [0.15, 0.2) is 12.2 Å². The van der Waals surface area contributed by atoms with E-state index in [0.717, 1.165) is 89.9 Å². The number of ether oxygens (including phenoxy) is 4. The first-order valence-corrected chi connectivity index (χ1v) is 50.8. The lowest BCUT2D eigenvalue weighted by molar-refractivity contribution is -0.161. The molecule has 0 heterocycles. The molecule has 111 heavy (non-hydrogen) atoms. The highest BCUT2D eigenvalue weighted by Crippen LogP contribution is 2.45. The highest BCUT2D eigenvalue weighted by molar-refractivity contribution is 7.47. The van der Waals surface area contributed by atoms with Crippen LogP contribution >= 0.6 is 15.6 Å². The standard InChI is InChI=1S/C92H180O17P2/c1-5-9-13-17-21-25-29-33-36-39-42-44-47-49-53-57-61-65-69-73-77-90(95)103-83-88(109-92(97)79-75-71-67-63-59-55-51-48-45-43-40-37-34-30-26-22-18-14-10-6-2)85-107-111(100,101)105-81-86(93)80-104-110(98,99)106-84-87(82-102-89(94)76-72-68-64-60-56-52-32-28-24-20-16-12-8-4)108-91(96)78-74-70-66-62-58-54-50-46-41-38-35-31-27-23-19-15-11-7-3/h86-88,93H,5-85H2,1-4H3,(H,98,99)(H,100,101)/t86-,87+,88+/m0/s1. The Morgan fingerprint density at radius 2 is 0.360 bits per heavy atom. The first kappa shape index (κ1) is 109. The predicted molar refractivity (Wildman–Crippen MR) is 460 cm³/mol. The highest BCUT2D eigenvalue weighted by Gasteiger charge is 2.31. The second kappa shape index (κ2) is 85.9. The number of hydrogen-bond acceptors (Lipinski definition) is 15. The second-order valence-corrected chi connectivity index (χ2v) is 36.0. The van der Waals surface area contributed by atoms with Crippen molar-refractivity contribution in [3.05, 3.63) is 0 Å². The van der Waals surface area contributed by atoms with E-state index in [-0.39, 0.29) is 25.7 Å². The molecule has 17 nitrogen and oxygen atoms in total. The SMILES string of the molecule is CCCCCCCCCCCCCCCCCCCCCCC(=O)OC[C@H](COP(=O)(O)OC[C@@H](O)COP(=O)(O)OC[C@@H](COC(=O)CCCCCCCCCCCCCCC)OC(=O)CCCCCCCCCCCCCCCCCCCC)OC(=O)CCCCCCCCCCCCCCCCCCCCCC. The van der Waals surface area contributed by atoms with Gasteiger partial charge in [-0.05, 0) is 25.7 Å². The fraction of sp³-hybridized carbons (Fsp3) is 0.957. The molecule has 0 bridgehead atoms. The number of carbonyl (C=O) groups is 4. The lowest BCUT2D eigenvalue weighted by Crippen LogP contribution is -2.30. The predicted octanol–water partition coefficient (Wildman–Crippen LogP) is 28.9. The van der Waals surface area contributed by atoms with Crippen LogP contribution in [0.25, 0.3) is 0 Å². The van der Waals surface area contributed by atoms with Crippen LogP contribution in [-0.2, 0) is 65.4 Å². The molecule has 0 fully saturated rings. The van der Waals surface area contributed by atoms with E-state index in [0.29, 0.717) is 25.7 Å². The van der Waals surface area contributed by atoms with Gasteiger partial charge in [-0.15, -0.1) is 0 Å². The summed E-state index contributed by atoms with van der Waals surface area (Å²) < 4.78 is 69.1. The average Bonchev–Trinajstić information content (AvgIpc) is 0.899. The van der Waals surface area contributed by atoms with Crippen LogP contribution in [0.2, 0.25) is 0 Å². The Hall–Kier alpha value is -1.94. The van der Waals surface area contributed by atoms with Crippen LogP contribution in [0.15, 0.2) is 0 Å². The van der Waals surface area contributed by atoms with Crippen LogP contribution in [0.3, 0.4) is 0 Å². The van der Waals surface area contributed by atoms with E-state index < -0.39 is 97.5 Å². The van der Waals surface area contributed by atoms with E-state index in [1.165, 1.54) is 340 Å². The smallest absolute Gasteiger partial charge is 0.462 e. The Labute approximate surface area is 683 Å². The van der Waals surface area contributed by atoms with E-state index in [4.69, 9.17) is 37.0 Å². The molecule has 0 radical (unpaired) electrons. The Kier molecular flexibility index (Phi) is 84.4. The third kappa shape index (κ3) is 85.8. The van der Waals surface area contributed by atoms with Gasteiger partial charge >= 0.3 is 39.5 Å². The summed E-state index contributed by atoms with van der Waals surface area (Å²) in [5, 5.41) is 10.7. The van der Waals surface area contributed by atoms with Crippen molar-refractivity contribution in [2.75, 3.05) is 39.6 Å². The van der Waals surface area contributed by atoms with E-state index in [1.54, 1.807) is 0 Å². The van der Waals surface area contributed by atoms with Gasteiger partial charge in [-0.25, -0.2) is 9.13 Å². The second-order valence-electron chi connectivity index (χ2n) is 33.1. The molecule has 0 saturated heterocycles. The topological polar surface area (TPSA) is 237 Å². The van der Waals surface area contributed by atoms with E-state index >= 15 is 0 Å². The Morgan fingerprint density at radius 1 is 0.216 bits per heavy atom. The van der Waals surface area contributed by atoms with Gasteiger partial charge in [-0.3, -0.25) is 37.3 Å². The van der Waals surface area contributed by atoms with Gasteiger partial charge in [-0.1, -0.05) is 458 Å². The number of phosphoric acid groups is 2. The summed E-state index contributed by atoms with van der Waals surface area (Å²) in [7, 11) is -9.94. The summed E-state index contributed by atoms with van der Waals surface area (Å²) in [6.45, 7) is 5.10. The number of phosphoric ester groups is 2. The maximum atomic E-state index is 13.2. The van der Waals surface area contributed by atoms with Crippen molar-refractivity contribution in [3.8, 4) is 0 Å². The molecule has 0 saturated carbocycles. The third-order valence-corrected chi connectivity index (χ3v) is 23.8. The number of esters is 4. The molecule has 0 aromatic heterocycles. The van der Waals surface area contributed by atoms with Crippen molar-refractivity contribution < 1.29 is 80.2 Å². The average molecular weight is 1620 g/mol. The Morgan fingerprint density at radius 3 is 0.532 bits per heavy atom. The molecular weight excluding hydrogens is 1440 g/mol. The summed E-state index contributed by atoms with van der Waals surface area (Å²) in [5.74, 6) is -2.09. The van der Waals surface area contributed by atoms with Crippen LogP contribution in [0.4, 0.5) is 0 Å². The molecular formula is C92H180O17P2. The van der Waals surface area contributed by atoms with E-state index in [2.05, 4.69) is 27.7 Å². The lowest BCUT2D eigenvalue weighted by atomic mass is 10.0. The first-order chi connectivity index (χ1) is 54.2. The Bertz CT molecular complexity index is 2090. The molecule has 2 unspecified atom stereocenters. The number of unbranched alkanes of at least 4 members (excludes halogenated alkanes) is 67. The van der Waals surface area contributed by atoms with Crippen molar-refractivity contribution >= 4 is 39.5 Å². The number of aliphatic hydroxyl groups excluding tert-OH is 1. The summed E-state index contributed by atoms with van der Waals surface area (Å²) in [6, 6.07) is 0. The zero-order valence-corrected chi connectivity index (χ0v) is 74.7. The van der Waals surface area contributed by atoms with Crippen molar-refractivity contribution in [1.29, 1.82) is 0 Å². The van der Waals surface area contributed by atoms with Crippen LogP contribution in [-0.4, -0.2) is 96.7 Å². The molecule has 660 valence electrons. The first-order valence-electron chi connectivity index (χ1n) is 47.8. The molecule has 5 atom stereocenters. The minimum absolute atomic E-state index is 0.110. The molecule has 0 spiro atoms. The van der Waals surface area contributed by atoms with Gasteiger partial charge in [0.2, 0.25) is 0 Å². The summed E-state index contributed by atoms with van der Waals surface area (Å²) >= 11 is 0. The maximum absolute atomic E-state index is 13.2. The molecule has 3 N–H and O–H groups in total. The minimum atomic E-state index is -4.97. The van der Waals surface area contributed by atoms with Gasteiger partial charge < -0.3 is 33.8 Å². The maximum Gasteiger partial charge on any atom is 0.472 e. The molecule has 0 aromatic carbocycles. The van der Waals surface area contributed by atoms with Crippen LogP contribution < -0.4 is 0 Å². The molecule has 0 rings (SSSR count). The number of aliphatic hydroxyl groups is 1. The van der Waals surface area contributed by atoms with E-state index in [9.17, 15) is 43.2 Å². The van der Waals surface area contributed by atoms with Crippen LogP contribution in [0.5, 0.6) is 0 Å². The largest absolute Gasteiger partial charge is 0.472 e. The molecule has 0 amide bonds. The van der Waals surface area contributed by atoms with Crippen LogP contribution in [0.1, 0.15) is 509 Å². The van der Waals surface area contributed by atoms with Gasteiger partial charge in [0.05, 0.1) is 26.4 Å². The zero-order chi connectivity index (χ0) is 81.0. The molecule has 0 aliphatic rings. The van der Waals surface area contributed by atoms with Gasteiger partial charge in [0.25, 0.3) is 0 Å². The normalized spacial score (nSPS) is 13.6. The minimum Gasteiger partial charge on any atom is -0.462 e. The van der Waals surface area contributed by atoms with E-state index in [1.807, 2.05) is 0 Å². The molecule has 19 heteroatoms. The van der Waals surface area contributed by atoms with Crippen molar-refractivity contribution in [3.63, 3.8) is 0 Å². The summed E-state index contributed by atoms with van der Waals surface area (Å²) in [4.78, 5) is 73.5. The summed E-state index contributed by atoms with van der Waals surface area (Å²) in [5.41, 5.74) is 0. The number of rotatable bonds is 93. The fourth-order valence-electron chi connectivity index (χ4n) is 14.6. The number of hydrogen-bond donors (Lipinski definition) is 3. The van der Waals surface area contributed by atoms with Crippen LogP contribution in [0, 0.1) is 0 Å². The monoisotopic (exact) mass is 1620 g/mol. The van der Waals surface area contributed by atoms with Gasteiger partial charge in [0, 0.05) is 25.7 Å². The van der Waals surface area contributed by atoms with Gasteiger partial charge in [0.1, 0.15) is 19.3 Å². The van der Waals surface area contributed by atoms with Crippen molar-refractivity contribution in [1.82, 2.24) is 0 Å². The fourth-order valence-corrected chi connectivity index (χ4v) is 16.2. The van der Waals surface area contributed by atoms with Crippen molar-refractivity contribution in [2.24, 2.45) is 0 Å². The van der Waals surface area contributed by atoms with Crippen molar-refractivity contribution in [2.45, 2.75) is 528 Å². The molecule has 0 aromatic rings. The van der Waals surface area contributed by atoms with Gasteiger partial charge in [-0.2, -0.15) is 0 Å². The molecule has 0 aliphatic carbocycles. The number of carbonyl (C=O) groups excluding carboxylic acids is 4. The highest BCUT2D eigenvalue weighted by atomic mass is 31.2.